The highest BCUT2D eigenvalue weighted by molar-refractivity contribution is 5.80. The van der Waals surface area contributed by atoms with Crippen molar-refractivity contribution in [2.24, 2.45) is 11.3 Å². The lowest BCUT2D eigenvalue weighted by Gasteiger charge is -2.45. The molecule has 0 N–H and O–H groups in total. The number of carbonyl (C=O) groups excluding carboxylic acids is 1. The first-order valence-electron chi connectivity index (χ1n) is 8.80. The highest BCUT2D eigenvalue weighted by Gasteiger charge is 2.53. The highest BCUT2D eigenvalue weighted by atomic mass is 19.3. The first kappa shape index (κ1) is 16.7. The van der Waals surface area contributed by atoms with Crippen molar-refractivity contribution in [3.8, 4) is 5.88 Å². The molecule has 3 fully saturated rings. The van der Waals surface area contributed by atoms with Crippen LogP contribution in [0.25, 0.3) is 0 Å². The molecule has 3 heterocycles. The minimum absolute atomic E-state index is 0.0445. The lowest BCUT2D eigenvalue weighted by atomic mass is 9.75. The van der Waals surface area contributed by atoms with E-state index in [1.807, 2.05) is 12.1 Å². The maximum atomic E-state index is 13.1. The third kappa shape index (κ3) is 3.21. The predicted molar refractivity (Wildman–Crippen MR) is 85.4 cm³/mol. The van der Waals surface area contributed by atoms with Crippen LogP contribution < -0.4 is 4.74 Å². The number of aromatic nitrogens is 1. The summed E-state index contributed by atoms with van der Waals surface area (Å²) in [4.78, 5) is 18.5. The molecule has 0 unspecified atom stereocenters. The highest BCUT2D eigenvalue weighted by Crippen LogP contribution is 2.46. The van der Waals surface area contributed by atoms with Gasteiger partial charge in [0.2, 0.25) is 17.7 Å². The van der Waals surface area contributed by atoms with Gasteiger partial charge in [-0.05, 0) is 18.9 Å². The van der Waals surface area contributed by atoms with Crippen LogP contribution in [-0.2, 0) is 9.53 Å². The Balaban J connectivity index is 1.43. The molecule has 2 atom stereocenters. The van der Waals surface area contributed by atoms with Crippen LogP contribution in [0.5, 0.6) is 5.88 Å². The van der Waals surface area contributed by atoms with Crippen LogP contribution in [0.4, 0.5) is 8.78 Å². The van der Waals surface area contributed by atoms with Gasteiger partial charge >= 0.3 is 0 Å². The number of carbonyl (C=O) groups is 1. The van der Waals surface area contributed by atoms with E-state index in [9.17, 15) is 13.6 Å². The Hall–Kier alpha value is -1.76. The molecule has 1 amide bonds. The van der Waals surface area contributed by atoms with Crippen molar-refractivity contribution in [2.45, 2.75) is 37.7 Å². The minimum Gasteiger partial charge on any atom is -0.477 e. The fourth-order valence-electron chi connectivity index (χ4n) is 4.19. The number of nitrogens with zero attached hydrogens (tertiary/aromatic N) is 2. The molecule has 1 aromatic heterocycles. The normalized spacial score (nSPS) is 31.3. The van der Waals surface area contributed by atoms with Crippen LogP contribution >= 0.6 is 0 Å². The lowest BCUT2D eigenvalue weighted by Crippen LogP contribution is -2.57. The van der Waals surface area contributed by atoms with Crippen molar-refractivity contribution < 1.29 is 23.0 Å². The van der Waals surface area contributed by atoms with Gasteiger partial charge < -0.3 is 14.4 Å². The molecule has 136 valence electrons. The zero-order chi connectivity index (χ0) is 17.5. The van der Waals surface area contributed by atoms with Gasteiger partial charge in [0.25, 0.3) is 0 Å². The largest absolute Gasteiger partial charge is 0.477 e. The van der Waals surface area contributed by atoms with Gasteiger partial charge in [0.1, 0.15) is 0 Å². The zero-order valence-corrected chi connectivity index (χ0v) is 14.0. The van der Waals surface area contributed by atoms with E-state index in [2.05, 4.69) is 4.98 Å². The lowest BCUT2D eigenvalue weighted by molar-refractivity contribution is -0.165. The Labute approximate surface area is 145 Å². The summed E-state index contributed by atoms with van der Waals surface area (Å²) in [6, 6.07) is 5.47. The third-order valence-corrected chi connectivity index (χ3v) is 5.67. The van der Waals surface area contributed by atoms with Crippen LogP contribution in [-0.4, -0.2) is 54.1 Å². The van der Waals surface area contributed by atoms with Crippen molar-refractivity contribution >= 4 is 5.91 Å². The van der Waals surface area contributed by atoms with E-state index in [1.54, 1.807) is 17.2 Å². The van der Waals surface area contributed by atoms with E-state index < -0.39 is 11.8 Å². The van der Waals surface area contributed by atoms with Crippen LogP contribution in [0.1, 0.15) is 25.7 Å². The quantitative estimate of drug-likeness (QED) is 0.836. The Morgan fingerprint density at radius 3 is 2.96 bits per heavy atom. The number of pyridine rings is 1. The molecule has 0 radical (unpaired) electrons. The molecule has 3 aliphatic rings. The van der Waals surface area contributed by atoms with Gasteiger partial charge in [-0.2, -0.15) is 0 Å². The zero-order valence-electron chi connectivity index (χ0n) is 14.0. The van der Waals surface area contributed by atoms with E-state index in [0.29, 0.717) is 32.2 Å². The van der Waals surface area contributed by atoms with Gasteiger partial charge in [-0.1, -0.05) is 6.07 Å². The average Bonchev–Trinajstić information content (AvgIpc) is 3.01. The maximum absolute atomic E-state index is 13.1. The van der Waals surface area contributed by atoms with Gasteiger partial charge in [0.05, 0.1) is 18.1 Å². The van der Waals surface area contributed by atoms with E-state index >= 15 is 0 Å². The molecule has 4 rings (SSSR count). The summed E-state index contributed by atoms with van der Waals surface area (Å²) in [5.74, 6) is -2.81. The molecule has 2 saturated heterocycles. The molecule has 0 aromatic carbocycles. The molecule has 1 aliphatic carbocycles. The van der Waals surface area contributed by atoms with Gasteiger partial charge in [0, 0.05) is 50.7 Å². The Bertz CT molecular complexity index is 634. The number of hydrogen-bond acceptors (Lipinski definition) is 4. The minimum atomic E-state index is -2.67. The van der Waals surface area contributed by atoms with Crippen LogP contribution in [0.3, 0.4) is 0 Å². The summed E-state index contributed by atoms with van der Waals surface area (Å²) in [7, 11) is 0. The van der Waals surface area contributed by atoms with Crippen LogP contribution in [0, 0.1) is 11.3 Å². The number of piperidine rings is 1. The second-order valence-electron chi connectivity index (χ2n) is 7.44. The van der Waals surface area contributed by atoms with E-state index in [1.165, 1.54) is 0 Å². The number of alkyl halides is 2. The number of hydrogen-bond donors (Lipinski definition) is 0. The van der Waals surface area contributed by atoms with E-state index in [0.717, 1.165) is 12.8 Å². The summed E-state index contributed by atoms with van der Waals surface area (Å²) >= 11 is 0. The van der Waals surface area contributed by atoms with Crippen molar-refractivity contribution in [3.05, 3.63) is 24.4 Å². The van der Waals surface area contributed by atoms with Crippen molar-refractivity contribution in [1.29, 1.82) is 0 Å². The topological polar surface area (TPSA) is 51.7 Å². The first-order valence-corrected chi connectivity index (χ1v) is 8.80. The molecular formula is C18H22F2N2O3. The summed E-state index contributed by atoms with van der Waals surface area (Å²) in [5, 5.41) is 0. The third-order valence-electron chi connectivity index (χ3n) is 5.67. The standard InChI is InChI=1S/C18H22F2N2O3/c19-18(20)9-13(10-18)16(23)22-7-4-14-17(11-22,5-8-24-14)12-25-15-3-1-2-6-21-15/h1-3,6,13-14H,4-5,7-12H2/t14-,17+/m1/s1. The molecule has 25 heavy (non-hydrogen) atoms. The van der Waals surface area contributed by atoms with Crippen LogP contribution in [0.15, 0.2) is 24.4 Å². The predicted octanol–water partition coefficient (Wildman–Crippen LogP) is 2.51. The van der Waals surface area contributed by atoms with Gasteiger partial charge in [-0.3, -0.25) is 4.79 Å². The smallest absolute Gasteiger partial charge is 0.249 e. The number of likely N-dealkylation sites (tertiary alicyclic amines) is 1. The second kappa shape index (κ2) is 6.20. The summed E-state index contributed by atoms with van der Waals surface area (Å²) in [6.07, 6.45) is 2.60. The number of ether oxygens (including phenoxy) is 2. The SMILES string of the molecule is O=C(C1CC(F)(F)C1)N1CC[C@H]2OCC[C@@]2(COc2ccccn2)C1. The summed E-state index contributed by atoms with van der Waals surface area (Å²) < 4.78 is 37.9. The molecule has 5 nitrogen and oxygen atoms in total. The summed E-state index contributed by atoms with van der Waals surface area (Å²) in [5.41, 5.74) is -0.280. The summed E-state index contributed by atoms with van der Waals surface area (Å²) in [6.45, 7) is 2.13. The number of amides is 1. The fourth-order valence-corrected chi connectivity index (χ4v) is 4.19. The van der Waals surface area contributed by atoms with Gasteiger partial charge in [-0.15, -0.1) is 0 Å². The second-order valence-corrected chi connectivity index (χ2v) is 7.44. The Morgan fingerprint density at radius 2 is 2.24 bits per heavy atom. The Morgan fingerprint density at radius 1 is 1.40 bits per heavy atom. The van der Waals surface area contributed by atoms with Gasteiger partial charge in [0.15, 0.2) is 0 Å². The fraction of sp³-hybridized carbons (Fsp3) is 0.667. The van der Waals surface area contributed by atoms with Gasteiger partial charge in [-0.25, -0.2) is 13.8 Å². The first-order chi connectivity index (χ1) is 12.0. The Kier molecular flexibility index (Phi) is 4.14. The van der Waals surface area contributed by atoms with Crippen molar-refractivity contribution in [3.63, 3.8) is 0 Å². The molecule has 1 saturated carbocycles. The molecule has 0 bridgehead atoms. The van der Waals surface area contributed by atoms with Crippen molar-refractivity contribution in [1.82, 2.24) is 9.88 Å². The number of fused-ring (bicyclic) bond motifs is 1. The molecular weight excluding hydrogens is 330 g/mol. The van der Waals surface area contributed by atoms with Crippen molar-refractivity contribution in [2.75, 3.05) is 26.3 Å². The van der Waals surface area contributed by atoms with Crippen LogP contribution in [0.2, 0.25) is 0 Å². The number of halogens is 2. The monoisotopic (exact) mass is 352 g/mol. The van der Waals surface area contributed by atoms with E-state index in [4.69, 9.17) is 9.47 Å². The average molecular weight is 352 g/mol. The van der Waals surface area contributed by atoms with E-state index in [-0.39, 0.29) is 30.3 Å². The number of rotatable bonds is 4. The maximum Gasteiger partial charge on any atom is 0.249 e. The molecule has 1 aromatic rings. The molecule has 0 spiro atoms. The molecule has 2 aliphatic heterocycles. The molecule has 7 heteroatoms.